The number of carbonyl (C=O) groups excluding carboxylic acids is 1. The average Bonchev–Trinajstić information content (AvgIpc) is 2.81. The molecule has 1 aromatic heterocycles. The van der Waals surface area contributed by atoms with Crippen LogP contribution in [0.25, 0.3) is 0 Å². The summed E-state index contributed by atoms with van der Waals surface area (Å²) in [6, 6.07) is 5.33. The molecule has 3 rings (SSSR count). The molecule has 1 fully saturated rings. The van der Waals surface area contributed by atoms with Gasteiger partial charge in [0.05, 0.1) is 0 Å². The number of carbonyl (C=O) groups is 1. The minimum atomic E-state index is -3.73. The van der Waals surface area contributed by atoms with Gasteiger partial charge in [0.2, 0.25) is 10.0 Å². The van der Waals surface area contributed by atoms with Gasteiger partial charge in [0.25, 0.3) is 5.91 Å². The van der Waals surface area contributed by atoms with E-state index in [4.69, 9.17) is 4.52 Å². The number of halogens is 1. The molecule has 26 heavy (non-hydrogen) atoms. The summed E-state index contributed by atoms with van der Waals surface area (Å²) in [4.78, 5) is 14.3. The van der Waals surface area contributed by atoms with Gasteiger partial charge < -0.3 is 9.42 Å². The number of aryl methyl sites for hydroxylation is 2. The number of benzene rings is 1. The molecule has 2 heterocycles. The van der Waals surface area contributed by atoms with E-state index in [-0.39, 0.29) is 29.7 Å². The van der Waals surface area contributed by atoms with Crippen LogP contribution in [0.4, 0.5) is 4.39 Å². The van der Waals surface area contributed by atoms with Crippen LogP contribution < -0.4 is 0 Å². The third-order valence-electron chi connectivity index (χ3n) is 4.40. The zero-order valence-electron chi connectivity index (χ0n) is 14.6. The van der Waals surface area contributed by atoms with Gasteiger partial charge in [-0.1, -0.05) is 5.16 Å². The summed E-state index contributed by atoms with van der Waals surface area (Å²) in [6.07, 6.45) is 0.509. The van der Waals surface area contributed by atoms with Crippen molar-refractivity contribution in [3.8, 4) is 0 Å². The van der Waals surface area contributed by atoms with Crippen molar-refractivity contribution in [2.24, 2.45) is 0 Å². The maximum Gasteiger partial charge on any atom is 0.253 e. The lowest BCUT2D eigenvalue weighted by molar-refractivity contribution is 0.0764. The van der Waals surface area contributed by atoms with Crippen LogP contribution in [0.3, 0.4) is 0 Å². The molecule has 1 aliphatic heterocycles. The molecule has 7 nitrogen and oxygen atoms in total. The minimum absolute atomic E-state index is 0.0933. The van der Waals surface area contributed by atoms with E-state index in [9.17, 15) is 17.6 Å². The highest BCUT2D eigenvalue weighted by Gasteiger charge is 2.33. The fraction of sp³-hybridized carbons (Fsp3) is 0.412. The SMILES string of the molecule is Cc1noc(C)c1S(=O)(=O)N1CCCN(C(=O)c2ccc(F)cc2)CC1. The highest BCUT2D eigenvalue weighted by Crippen LogP contribution is 2.24. The second-order valence-electron chi connectivity index (χ2n) is 6.21. The van der Waals surface area contributed by atoms with E-state index in [1.54, 1.807) is 18.7 Å². The van der Waals surface area contributed by atoms with E-state index in [1.807, 2.05) is 0 Å². The standard InChI is InChI=1S/C17H20FN3O4S/c1-12-16(13(2)25-19-12)26(23,24)21-9-3-8-20(10-11-21)17(22)14-4-6-15(18)7-5-14/h4-7H,3,8-11H2,1-2H3. The molecule has 0 N–H and O–H groups in total. The van der Waals surface area contributed by atoms with Crippen LogP contribution in [0.2, 0.25) is 0 Å². The monoisotopic (exact) mass is 381 g/mol. The van der Waals surface area contributed by atoms with Crippen molar-refractivity contribution in [3.05, 3.63) is 47.1 Å². The molecule has 0 unspecified atom stereocenters. The highest BCUT2D eigenvalue weighted by atomic mass is 32.2. The van der Waals surface area contributed by atoms with Crippen molar-refractivity contribution < 1.29 is 22.1 Å². The molecule has 0 bridgehead atoms. The number of sulfonamides is 1. The van der Waals surface area contributed by atoms with Crippen molar-refractivity contribution in [2.45, 2.75) is 25.2 Å². The Kier molecular flexibility index (Phi) is 5.10. The van der Waals surface area contributed by atoms with Crippen molar-refractivity contribution in [2.75, 3.05) is 26.2 Å². The van der Waals surface area contributed by atoms with Gasteiger partial charge in [0.15, 0.2) is 5.76 Å². The maximum atomic E-state index is 13.0. The Hall–Kier alpha value is -2.26. The van der Waals surface area contributed by atoms with E-state index in [2.05, 4.69) is 5.16 Å². The fourth-order valence-corrected chi connectivity index (χ4v) is 4.85. The van der Waals surface area contributed by atoms with Crippen LogP contribution in [0.5, 0.6) is 0 Å². The summed E-state index contributed by atoms with van der Waals surface area (Å²) in [7, 11) is -3.73. The quantitative estimate of drug-likeness (QED) is 0.812. The molecule has 2 aromatic rings. The number of amides is 1. The van der Waals surface area contributed by atoms with Crippen molar-refractivity contribution in [1.29, 1.82) is 0 Å². The lowest BCUT2D eigenvalue weighted by Crippen LogP contribution is -2.37. The van der Waals surface area contributed by atoms with Gasteiger partial charge in [-0.2, -0.15) is 4.31 Å². The van der Waals surface area contributed by atoms with E-state index in [0.717, 1.165) is 0 Å². The first kappa shape index (κ1) is 18.5. The van der Waals surface area contributed by atoms with E-state index in [1.165, 1.54) is 28.6 Å². The average molecular weight is 381 g/mol. The lowest BCUT2D eigenvalue weighted by Gasteiger charge is -2.22. The molecular weight excluding hydrogens is 361 g/mol. The molecule has 0 aliphatic carbocycles. The van der Waals surface area contributed by atoms with Crippen LogP contribution in [-0.2, 0) is 10.0 Å². The first-order valence-electron chi connectivity index (χ1n) is 8.28. The van der Waals surface area contributed by atoms with Crippen LogP contribution >= 0.6 is 0 Å². The second kappa shape index (κ2) is 7.16. The third-order valence-corrected chi connectivity index (χ3v) is 6.54. The molecule has 0 saturated carbocycles. The van der Waals surface area contributed by atoms with E-state index in [0.29, 0.717) is 30.8 Å². The van der Waals surface area contributed by atoms with Crippen molar-refractivity contribution in [1.82, 2.24) is 14.4 Å². The molecule has 1 saturated heterocycles. The summed E-state index contributed by atoms with van der Waals surface area (Å²) in [6.45, 7) is 4.34. The summed E-state index contributed by atoms with van der Waals surface area (Å²) in [5.41, 5.74) is 0.708. The summed E-state index contributed by atoms with van der Waals surface area (Å²) >= 11 is 0. The van der Waals surface area contributed by atoms with Gasteiger partial charge in [-0.05, 0) is 44.5 Å². The first-order chi connectivity index (χ1) is 12.3. The third kappa shape index (κ3) is 3.49. The summed E-state index contributed by atoms with van der Waals surface area (Å²) < 4.78 is 45.2. The molecule has 140 valence electrons. The van der Waals surface area contributed by atoms with Gasteiger partial charge in [0, 0.05) is 31.7 Å². The maximum absolute atomic E-state index is 13.0. The first-order valence-corrected chi connectivity index (χ1v) is 9.72. The minimum Gasteiger partial charge on any atom is -0.360 e. The van der Waals surface area contributed by atoms with Crippen LogP contribution in [0.15, 0.2) is 33.7 Å². The smallest absolute Gasteiger partial charge is 0.253 e. The second-order valence-corrected chi connectivity index (χ2v) is 8.08. The Balaban J connectivity index is 1.76. The summed E-state index contributed by atoms with van der Waals surface area (Å²) in [5, 5.41) is 3.71. The van der Waals surface area contributed by atoms with Gasteiger partial charge >= 0.3 is 0 Å². The summed E-state index contributed by atoms with van der Waals surface area (Å²) in [5.74, 6) is -0.387. The lowest BCUT2D eigenvalue weighted by atomic mass is 10.2. The Morgan fingerprint density at radius 2 is 1.81 bits per heavy atom. The Morgan fingerprint density at radius 1 is 1.12 bits per heavy atom. The predicted octanol–water partition coefficient (Wildman–Crippen LogP) is 1.97. The predicted molar refractivity (Wildman–Crippen MR) is 91.7 cm³/mol. The Labute approximate surface area is 151 Å². The Morgan fingerprint density at radius 3 is 2.42 bits per heavy atom. The molecule has 1 aromatic carbocycles. The number of rotatable bonds is 3. The van der Waals surface area contributed by atoms with E-state index >= 15 is 0 Å². The van der Waals surface area contributed by atoms with Crippen LogP contribution in [0.1, 0.15) is 28.2 Å². The van der Waals surface area contributed by atoms with Crippen molar-refractivity contribution >= 4 is 15.9 Å². The van der Waals surface area contributed by atoms with Gasteiger partial charge in [-0.15, -0.1) is 0 Å². The Bertz CT molecular complexity index is 889. The molecule has 0 radical (unpaired) electrons. The highest BCUT2D eigenvalue weighted by molar-refractivity contribution is 7.89. The number of hydrogen-bond donors (Lipinski definition) is 0. The van der Waals surface area contributed by atoms with Crippen LogP contribution in [0, 0.1) is 19.7 Å². The molecular formula is C17H20FN3O4S. The molecule has 0 atom stereocenters. The van der Waals surface area contributed by atoms with Crippen molar-refractivity contribution in [3.63, 3.8) is 0 Å². The zero-order valence-corrected chi connectivity index (χ0v) is 15.4. The molecule has 1 aliphatic rings. The zero-order chi connectivity index (χ0) is 18.9. The molecule has 9 heteroatoms. The fourth-order valence-electron chi connectivity index (χ4n) is 3.08. The normalized spacial score (nSPS) is 16.5. The topological polar surface area (TPSA) is 83.7 Å². The molecule has 0 spiro atoms. The van der Waals surface area contributed by atoms with Gasteiger partial charge in [-0.3, -0.25) is 4.79 Å². The van der Waals surface area contributed by atoms with Gasteiger partial charge in [0.1, 0.15) is 16.4 Å². The largest absolute Gasteiger partial charge is 0.360 e. The van der Waals surface area contributed by atoms with Crippen LogP contribution in [-0.4, -0.2) is 54.9 Å². The van der Waals surface area contributed by atoms with Gasteiger partial charge in [-0.25, -0.2) is 12.8 Å². The number of hydrogen-bond acceptors (Lipinski definition) is 5. The van der Waals surface area contributed by atoms with E-state index < -0.39 is 15.8 Å². The number of nitrogens with zero attached hydrogens (tertiary/aromatic N) is 3. The molecule has 1 amide bonds. The number of aromatic nitrogens is 1.